The second-order valence-corrected chi connectivity index (χ2v) is 2.00. The maximum atomic E-state index is 10.4. The van der Waals surface area contributed by atoms with Crippen LogP contribution in [0.3, 0.4) is 0 Å². The van der Waals surface area contributed by atoms with E-state index in [0.717, 1.165) is 6.08 Å². The number of hydrogen-bond acceptors (Lipinski definition) is 4. The molecule has 0 spiro atoms. The smallest absolute Gasteiger partial charge is 0.330 e. The van der Waals surface area contributed by atoms with Crippen LogP contribution in [0.1, 0.15) is 6.42 Å². The van der Waals surface area contributed by atoms with Crippen molar-refractivity contribution in [2.45, 2.75) is 12.5 Å². The first kappa shape index (κ1) is 10.1. The van der Waals surface area contributed by atoms with Gasteiger partial charge in [-0.2, -0.15) is 0 Å². The molecule has 0 aromatic rings. The van der Waals surface area contributed by atoms with Gasteiger partial charge < -0.3 is 14.9 Å². The van der Waals surface area contributed by atoms with Gasteiger partial charge in [0.2, 0.25) is 0 Å². The molecule has 0 aromatic heterocycles. The van der Waals surface area contributed by atoms with Crippen LogP contribution in [0.25, 0.3) is 0 Å². The summed E-state index contributed by atoms with van der Waals surface area (Å²) in [6, 6.07) is 0. The van der Waals surface area contributed by atoms with Crippen molar-refractivity contribution in [1.29, 1.82) is 0 Å². The number of carbonyl (C=O) groups is 1. The molecule has 0 saturated heterocycles. The summed E-state index contributed by atoms with van der Waals surface area (Å²) in [5.74, 6) is -0.518. The number of carbonyl (C=O) groups excluding carboxylic acids is 1. The number of aliphatic hydroxyl groups excluding tert-OH is 2. The van der Waals surface area contributed by atoms with Crippen LogP contribution in [0.5, 0.6) is 0 Å². The van der Waals surface area contributed by atoms with E-state index < -0.39 is 12.1 Å². The molecule has 0 fully saturated rings. The monoisotopic (exact) mass is 160 g/mol. The highest BCUT2D eigenvalue weighted by molar-refractivity contribution is 5.81. The first-order valence-corrected chi connectivity index (χ1v) is 3.28. The van der Waals surface area contributed by atoms with Crippen LogP contribution < -0.4 is 0 Å². The van der Waals surface area contributed by atoms with Gasteiger partial charge in [0.05, 0.1) is 19.3 Å². The van der Waals surface area contributed by atoms with Crippen LogP contribution in [0.2, 0.25) is 0 Å². The van der Waals surface area contributed by atoms with Gasteiger partial charge >= 0.3 is 5.97 Å². The fraction of sp³-hybridized carbons (Fsp3) is 0.571. The zero-order valence-corrected chi connectivity index (χ0v) is 6.19. The molecular weight excluding hydrogens is 148 g/mol. The molecule has 4 heteroatoms. The van der Waals surface area contributed by atoms with Gasteiger partial charge in [-0.15, -0.1) is 0 Å². The molecule has 0 heterocycles. The molecule has 64 valence electrons. The lowest BCUT2D eigenvalue weighted by atomic mass is 10.3. The Morgan fingerprint density at radius 3 is 2.82 bits per heavy atom. The van der Waals surface area contributed by atoms with Crippen LogP contribution >= 0.6 is 0 Å². The Morgan fingerprint density at radius 2 is 2.36 bits per heavy atom. The van der Waals surface area contributed by atoms with Gasteiger partial charge in [-0.25, -0.2) is 4.79 Å². The summed E-state index contributed by atoms with van der Waals surface area (Å²) in [6.45, 7) is 2.98. The minimum absolute atomic E-state index is 0.104. The zero-order chi connectivity index (χ0) is 8.69. The molecule has 0 aromatic carbocycles. The van der Waals surface area contributed by atoms with Gasteiger partial charge in [-0.05, 0) is 0 Å². The predicted octanol–water partition coefficient (Wildman–Crippen LogP) is -0.541. The molecule has 0 aliphatic heterocycles. The predicted molar refractivity (Wildman–Crippen MR) is 38.9 cm³/mol. The Kier molecular flexibility index (Phi) is 5.42. The molecule has 1 atom stereocenters. The Balaban J connectivity index is 3.26. The van der Waals surface area contributed by atoms with Gasteiger partial charge in [0.25, 0.3) is 0 Å². The van der Waals surface area contributed by atoms with Crippen molar-refractivity contribution in [2.75, 3.05) is 13.2 Å². The summed E-state index contributed by atoms with van der Waals surface area (Å²) < 4.78 is 4.54. The second kappa shape index (κ2) is 5.88. The van der Waals surface area contributed by atoms with Crippen LogP contribution in [0.4, 0.5) is 0 Å². The summed E-state index contributed by atoms with van der Waals surface area (Å²) >= 11 is 0. The summed E-state index contributed by atoms with van der Waals surface area (Å²) in [5.41, 5.74) is 0. The largest absolute Gasteiger partial charge is 0.462 e. The molecule has 0 aliphatic carbocycles. The number of esters is 1. The van der Waals surface area contributed by atoms with E-state index >= 15 is 0 Å². The summed E-state index contributed by atoms with van der Waals surface area (Å²) in [6.07, 6.45) is 0.481. The lowest BCUT2D eigenvalue weighted by molar-refractivity contribution is -0.138. The molecule has 1 unspecified atom stereocenters. The van der Waals surface area contributed by atoms with Gasteiger partial charge in [-0.1, -0.05) is 6.58 Å². The Morgan fingerprint density at radius 1 is 1.73 bits per heavy atom. The first-order valence-electron chi connectivity index (χ1n) is 3.28. The maximum Gasteiger partial charge on any atom is 0.330 e. The van der Waals surface area contributed by atoms with E-state index in [1.807, 2.05) is 0 Å². The minimum Gasteiger partial charge on any atom is -0.462 e. The quantitative estimate of drug-likeness (QED) is 0.418. The molecule has 0 aliphatic rings. The molecule has 0 rings (SSSR count). The summed E-state index contributed by atoms with van der Waals surface area (Å²) in [4.78, 5) is 10.4. The van der Waals surface area contributed by atoms with Crippen molar-refractivity contribution in [2.24, 2.45) is 0 Å². The Labute approximate surface area is 65.1 Å². The summed E-state index contributed by atoms with van der Waals surface area (Å²) in [5, 5.41) is 17.1. The molecule has 4 nitrogen and oxygen atoms in total. The Bertz CT molecular complexity index is 132. The van der Waals surface area contributed by atoms with Gasteiger partial charge in [0.15, 0.2) is 0 Å². The topological polar surface area (TPSA) is 66.8 Å². The maximum absolute atomic E-state index is 10.4. The third-order valence-electron chi connectivity index (χ3n) is 1.07. The number of aliphatic hydroxyl groups is 2. The number of hydrogen-bond donors (Lipinski definition) is 2. The van der Waals surface area contributed by atoms with E-state index in [-0.39, 0.29) is 19.6 Å². The zero-order valence-electron chi connectivity index (χ0n) is 6.19. The highest BCUT2D eigenvalue weighted by atomic mass is 16.5. The average Bonchev–Trinajstić information content (AvgIpc) is 2.04. The Hall–Kier alpha value is -0.870. The molecule has 0 saturated carbocycles. The summed E-state index contributed by atoms with van der Waals surface area (Å²) in [7, 11) is 0. The van der Waals surface area contributed by atoms with Crippen molar-refractivity contribution in [1.82, 2.24) is 0 Å². The van der Waals surface area contributed by atoms with Crippen molar-refractivity contribution >= 4 is 5.97 Å². The second-order valence-electron chi connectivity index (χ2n) is 2.00. The average molecular weight is 160 g/mol. The first-order chi connectivity index (χ1) is 5.20. The van der Waals surface area contributed by atoms with Crippen LogP contribution in [-0.4, -0.2) is 35.5 Å². The molecule has 11 heavy (non-hydrogen) atoms. The van der Waals surface area contributed by atoms with Gasteiger partial charge in [0, 0.05) is 12.5 Å². The van der Waals surface area contributed by atoms with Gasteiger partial charge in [0.1, 0.15) is 0 Å². The number of ether oxygens (including phenoxy) is 1. The van der Waals surface area contributed by atoms with Crippen LogP contribution in [-0.2, 0) is 9.53 Å². The van der Waals surface area contributed by atoms with E-state index in [0.29, 0.717) is 0 Å². The molecule has 2 N–H and O–H groups in total. The minimum atomic E-state index is -0.812. The van der Waals surface area contributed by atoms with Crippen molar-refractivity contribution in [3.63, 3.8) is 0 Å². The van der Waals surface area contributed by atoms with Crippen molar-refractivity contribution in [3.8, 4) is 0 Å². The lowest BCUT2D eigenvalue weighted by Gasteiger charge is -2.05. The van der Waals surface area contributed by atoms with Crippen molar-refractivity contribution < 1.29 is 19.7 Å². The highest BCUT2D eigenvalue weighted by Crippen LogP contribution is 1.91. The van der Waals surface area contributed by atoms with E-state index in [9.17, 15) is 4.79 Å². The SMILES string of the molecule is C=CC(=O)OCCC(O)CO. The normalized spacial score (nSPS) is 12.2. The number of rotatable bonds is 5. The third kappa shape index (κ3) is 5.57. The molecule has 0 radical (unpaired) electrons. The van der Waals surface area contributed by atoms with Gasteiger partial charge in [-0.3, -0.25) is 0 Å². The van der Waals surface area contributed by atoms with E-state index in [2.05, 4.69) is 11.3 Å². The standard InChI is InChI=1S/C7H12O4/c1-2-7(10)11-4-3-6(9)5-8/h2,6,8-9H,1,3-5H2. The van der Waals surface area contributed by atoms with Crippen LogP contribution in [0.15, 0.2) is 12.7 Å². The fourth-order valence-corrected chi connectivity index (χ4v) is 0.446. The lowest BCUT2D eigenvalue weighted by Crippen LogP contribution is -2.15. The molecule has 0 bridgehead atoms. The van der Waals surface area contributed by atoms with E-state index in [1.165, 1.54) is 0 Å². The fourth-order valence-electron chi connectivity index (χ4n) is 0.446. The highest BCUT2D eigenvalue weighted by Gasteiger charge is 2.02. The molecular formula is C7H12O4. The van der Waals surface area contributed by atoms with E-state index in [1.54, 1.807) is 0 Å². The molecule has 0 amide bonds. The van der Waals surface area contributed by atoms with Crippen LogP contribution in [0, 0.1) is 0 Å². The van der Waals surface area contributed by atoms with Crippen molar-refractivity contribution in [3.05, 3.63) is 12.7 Å². The third-order valence-corrected chi connectivity index (χ3v) is 1.07. The van der Waals surface area contributed by atoms with E-state index in [4.69, 9.17) is 10.2 Å².